The van der Waals surface area contributed by atoms with Gasteiger partial charge in [-0.15, -0.1) is 5.10 Å². The van der Waals surface area contributed by atoms with Gasteiger partial charge in [-0.05, 0) is 37.3 Å². The summed E-state index contributed by atoms with van der Waals surface area (Å²) in [7, 11) is 3.13. The molecular formula is C21H21N7O3S. The summed E-state index contributed by atoms with van der Waals surface area (Å²) in [5.74, 6) is 2.03. The van der Waals surface area contributed by atoms with Crippen molar-refractivity contribution in [3.8, 4) is 34.3 Å². The van der Waals surface area contributed by atoms with E-state index < -0.39 is 0 Å². The lowest BCUT2D eigenvalue weighted by atomic mass is 10.1. The lowest BCUT2D eigenvalue weighted by molar-refractivity contribution is -0.116. The first-order valence-electron chi connectivity index (χ1n) is 9.65. The van der Waals surface area contributed by atoms with Gasteiger partial charge in [0.1, 0.15) is 18.0 Å². The number of H-pyrrole nitrogens is 2. The predicted octanol–water partition coefficient (Wildman–Crippen LogP) is 3.36. The molecule has 4 aromatic rings. The second kappa shape index (κ2) is 9.02. The Balaban J connectivity index is 1.52. The minimum absolute atomic E-state index is 0.0473. The summed E-state index contributed by atoms with van der Waals surface area (Å²) in [5, 5.41) is 16.6. The van der Waals surface area contributed by atoms with Crippen LogP contribution >= 0.6 is 12.2 Å². The first-order valence-corrected chi connectivity index (χ1v) is 10.1. The maximum absolute atomic E-state index is 12.7. The van der Waals surface area contributed by atoms with Crippen LogP contribution in [-0.4, -0.2) is 50.1 Å². The maximum atomic E-state index is 12.7. The Morgan fingerprint density at radius 2 is 1.97 bits per heavy atom. The molecule has 0 saturated carbocycles. The molecule has 2 aromatic carbocycles. The first-order chi connectivity index (χ1) is 15.5. The standard InChI is InChI=1S/C21H21N7O3S/c1-12-5-4-6-13(9-12)19-25-27-21(32)28(19)11-17(29)22-20-23-18(24-26-20)15-8-7-14(30-2)10-16(15)31-3/h4-10H,11H2,1-3H3,(H,27,32)(H2,22,23,24,26,29). The molecule has 0 aliphatic carbocycles. The molecule has 0 atom stereocenters. The lowest BCUT2D eigenvalue weighted by Gasteiger charge is -2.08. The molecule has 0 radical (unpaired) electrons. The number of anilines is 1. The molecule has 2 heterocycles. The number of aromatic nitrogens is 6. The zero-order chi connectivity index (χ0) is 22.7. The van der Waals surface area contributed by atoms with Gasteiger partial charge in [0.15, 0.2) is 16.4 Å². The minimum Gasteiger partial charge on any atom is -0.497 e. The van der Waals surface area contributed by atoms with E-state index in [9.17, 15) is 4.79 Å². The van der Waals surface area contributed by atoms with E-state index in [-0.39, 0.29) is 18.4 Å². The number of hydrogen-bond donors (Lipinski definition) is 3. The molecular weight excluding hydrogens is 430 g/mol. The van der Waals surface area contributed by atoms with Crippen LogP contribution in [-0.2, 0) is 11.3 Å². The van der Waals surface area contributed by atoms with Gasteiger partial charge in [0.2, 0.25) is 11.9 Å². The van der Waals surface area contributed by atoms with Gasteiger partial charge in [-0.3, -0.25) is 24.9 Å². The van der Waals surface area contributed by atoms with E-state index in [2.05, 4.69) is 30.7 Å². The van der Waals surface area contributed by atoms with E-state index in [0.29, 0.717) is 33.5 Å². The fraction of sp³-hybridized carbons (Fsp3) is 0.190. The number of amides is 1. The lowest BCUT2D eigenvalue weighted by Crippen LogP contribution is -2.20. The van der Waals surface area contributed by atoms with Crippen LogP contribution in [0.4, 0.5) is 5.95 Å². The van der Waals surface area contributed by atoms with Crippen LogP contribution in [0.3, 0.4) is 0 Å². The van der Waals surface area contributed by atoms with Crippen LogP contribution in [0.2, 0.25) is 0 Å². The topological polar surface area (TPSA) is 123 Å². The Morgan fingerprint density at radius 1 is 1.12 bits per heavy atom. The van der Waals surface area contributed by atoms with E-state index in [0.717, 1.165) is 11.1 Å². The van der Waals surface area contributed by atoms with Gasteiger partial charge < -0.3 is 9.47 Å². The number of hydrogen-bond acceptors (Lipinski definition) is 7. The highest BCUT2D eigenvalue weighted by Crippen LogP contribution is 2.31. The number of rotatable bonds is 7. The summed E-state index contributed by atoms with van der Waals surface area (Å²) in [4.78, 5) is 17.0. The summed E-state index contributed by atoms with van der Waals surface area (Å²) < 4.78 is 12.6. The van der Waals surface area contributed by atoms with Crippen LogP contribution in [0, 0.1) is 11.7 Å². The SMILES string of the molecule is COc1ccc(-c2nc(NC(=O)Cn3c(-c4cccc(C)c4)n[nH]c3=S)n[nH]2)c(OC)c1. The van der Waals surface area contributed by atoms with Gasteiger partial charge >= 0.3 is 0 Å². The molecule has 0 spiro atoms. The van der Waals surface area contributed by atoms with Crippen molar-refractivity contribution in [1.29, 1.82) is 0 Å². The average Bonchev–Trinajstić information content (AvgIpc) is 3.40. The van der Waals surface area contributed by atoms with Crippen LogP contribution in [0.15, 0.2) is 42.5 Å². The average molecular weight is 452 g/mol. The summed E-state index contributed by atoms with van der Waals surface area (Å²) in [5.41, 5.74) is 2.62. The molecule has 0 fully saturated rings. The summed E-state index contributed by atoms with van der Waals surface area (Å²) in [6.07, 6.45) is 0. The summed E-state index contributed by atoms with van der Waals surface area (Å²) in [6, 6.07) is 13.1. The molecule has 4 rings (SSSR count). The van der Waals surface area contributed by atoms with E-state index in [1.165, 1.54) is 0 Å². The smallest absolute Gasteiger partial charge is 0.249 e. The van der Waals surface area contributed by atoms with E-state index in [1.54, 1.807) is 37.0 Å². The maximum Gasteiger partial charge on any atom is 0.249 e. The van der Waals surface area contributed by atoms with Crippen molar-refractivity contribution in [2.24, 2.45) is 0 Å². The molecule has 11 heteroatoms. The van der Waals surface area contributed by atoms with E-state index >= 15 is 0 Å². The second-order valence-electron chi connectivity index (χ2n) is 6.93. The highest BCUT2D eigenvalue weighted by atomic mass is 32.1. The van der Waals surface area contributed by atoms with E-state index in [4.69, 9.17) is 21.7 Å². The highest BCUT2D eigenvalue weighted by Gasteiger charge is 2.16. The van der Waals surface area contributed by atoms with Crippen molar-refractivity contribution in [2.45, 2.75) is 13.5 Å². The Bertz CT molecular complexity index is 1320. The predicted molar refractivity (Wildman–Crippen MR) is 121 cm³/mol. The number of benzene rings is 2. The van der Waals surface area contributed by atoms with Crippen molar-refractivity contribution >= 4 is 24.1 Å². The molecule has 164 valence electrons. The number of aryl methyl sites for hydroxylation is 1. The molecule has 0 saturated heterocycles. The zero-order valence-corrected chi connectivity index (χ0v) is 18.5. The zero-order valence-electron chi connectivity index (χ0n) is 17.7. The number of nitrogens with one attached hydrogen (secondary N) is 3. The number of carbonyl (C=O) groups is 1. The van der Waals surface area contributed by atoms with Crippen molar-refractivity contribution in [1.82, 2.24) is 29.9 Å². The van der Waals surface area contributed by atoms with Gasteiger partial charge in [-0.2, -0.15) is 10.1 Å². The second-order valence-corrected chi connectivity index (χ2v) is 7.32. The fourth-order valence-corrected chi connectivity index (χ4v) is 3.41. The largest absolute Gasteiger partial charge is 0.497 e. The van der Waals surface area contributed by atoms with Gasteiger partial charge in [-0.1, -0.05) is 23.8 Å². The van der Waals surface area contributed by atoms with Crippen molar-refractivity contribution in [2.75, 3.05) is 19.5 Å². The van der Waals surface area contributed by atoms with Crippen molar-refractivity contribution in [3.05, 3.63) is 52.8 Å². The van der Waals surface area contributed by atoms with Crippen LogP contribution in [0.5, 0.6) is 11.5 Å². The first kappa shape index (κ1) is 21.2. The van der Waals surface area contributed by atoms with Crippen molar-refractivity contribution < 1.29 is 14.3 Å². The Hall–Kier alpha value is -3.99. The van der Waals surface area contributed by atoms with Gasteiger partial charge in [-0.25, -0.2) is 0 Å². The Morgan fingerprint density at radius 3 is 2.72 bits per heavy atom. The molecule has 2 aromatic heterocycles. The number of methoxy groups -OCH3 is 2. The fourth-order valence-electron chi connectivity index (χ4n) is 3.21. The van der Waals surface area contributed by atoms with Crippen molar-refractivity contribution in [3.63, 3.8) is 0 Å². The van der Waals surface area contributed by atoms with Gasteiger partial charge in [0.05, 0.1) is 19.8 Å². The number of carbonyl (C=O) groups excluding carboxylic acids is 1. The molecule has 1 amide bonds. The quantitative estimate of drug-likeness (QED) is 0.368. The number of ether oxygens (including phenoxy) is 2. The third kappa shape index (κ3) is 4.37. The molecule has 0 unspecified atom stereocenters. The number of aromatic amines is 2. The molecule has 32 heavy (non-hydrogen) atoms. The summed E-state index contributed by atoms with van der Waals surface area (Å²) >= 11 is 5.31. The molecule has 0 bridgehead atoms. The highest BCUT2D eigenvalue weighted by molar-refractivity contribution is 7.71. The van der Waals surface area contributed by atoms with Crippen LogP contribution in [0.25, 0.3) is 22.8 Å². The van der Waals surface area contributed by atoms with Gasteiger partial charge in [0, 0.05) is 11.6 Å². The van der Waals surface area contributed by atoms with Crippen LogP contribution in [0.1, 0.15) is 5.56 Å². The Kier molecular flexibility index (Phi) is 5.99. The molecule has 10 nitrogen and oxygen atoms in total. The van der Waals surface area contributed by atoms with Gasteiger partial charge in [0.25, 0.3) is 0 Å². The van der Waals surface area contributed by atoms with Crippen LogP contribution < -0.4 is 14.8 Å². The normalized spacial score (nSPS) is 10.7. The molecule has 3 N–H and O–H groups in total. The number of nitrogens with zero attached hydrogens (tertiary/aromatic N) is 4. The molecule has 0 aliphatic heterocycles. The van der Waals surface area contributed by atoms with E-state index in [1.807, 2.05) is 31.2 Å². The Labute approximate surface area is 188 Å². The monoisotopic (exact) mass is 451 g/mol. The third-order valence-corrected chi connectivity index (χ3v) is 5.05. The third-order valence-electron chi connectivity index (χ3n) is 4.74. The summed E-state index contributed by atoms with van der Waals surface area (Å²) in [6.45, 7) is 1.94. The minimum atomic E-state index is -0.344. The molecule has 0 aliphatic rings.